The van der Waals surface area contributed by atoms with Gasteiger partial charge >= 0.3 is 6.09 Å². The largest absolute Gasteiger partial charge is 0.453 e. The molecule has 0 aromatic carbocycles. The number of carbonyl (C=O) groups is 1. The summed E-state index contributed by atoms with van der Waals surface area (Å²) in [5.74, 6) is 0.951. The number of anilines is 2. The van der Waals surface area contributed by atoms with Crippen LogP contribution in [0.25, 0.3) is 0 Å². The first-order valence-electron chi connectivity index (χ1n) is 6.88. The first-order valence-corrected chi connectivity index (χ1v) is 6.88. The van der Waals surface area contributed by atoms with Crippen LogP contribution in [0.3, 0.4) is 0 Å². The van der Waals surface area contributed by atoms with E-state index in [0.717, 1.165) is 36.7 Å². The van der Waals surface area contributed by atoms with Gasteiger partial charge in [0.15, 0.2) is 5.82 Å². The minimum atomic E-state index is -0.390. The number of methoxy groups -OCH3 is 1. The molecule has 3 N–H and O–H groups in total. The Morgan fingerprint density at radius 3 is 2.85 bits per heavy atom. The van der Waals surface area contributed by atoms with Crippen LogP contribution in [-0.2, 0) is 4.74 Å². The first kappa shape index (κ1) is 14.5. The van der Waals surface area contributed by atoms with Crippen LogP contribution in [0, 0.1) is 6.92 Å². The fraction of sp³-hybridized carbons (Fsp3) is 0.692. The molecule has 7 nitrogen and oxygen atoms in total. The molecule has 1 aliphatic rings. The zero-order valence-electron chi connectivity index (χ0n) is 12.5. The molecule has 1 aromatic heterocycles. The number of aromatic nitrogens is 2. The van der Waals surface area contributed by atoms with Crippen molar-refractivity contribution in [2.24, 2.45) is 0 Å². The highest BCUT2D eigenvalue weighted by Crippen LogP contribution is 2.31. The van der Waals surface area contributed by atoms with Crippen LogP contribution in [0.1, 0.15) is 32.0 Å². The quantitative estimate of drug-likeness (QED) is 0.872. The smallest absolute Gasteiger partial charge is 0.407 e. The molecule has 1 fully saturated rings. The Morgan fingerprint density at radius 2 is 2.25 bits per heavy atom. The van der Waals surface area contributed by atoms with E-state index in [1.165, 1.54) is 7.11 Å². The molecule has 1 atom stereocenters. The number of nitrogens with one attached hydrogen (secondary N) is 1. The number of carbonyl (C=O) groups excluding carboxylic acids is 1. The second-order valence-electron chi connectivity index (χ2n) is 5.43. The molecule has 0 radical (unpaired) electrons. The summed E-state index contributed by atoms with van der Waals surface area (Å²) in [5, 5.41) is 7.32. The predicted molar refractivity (Wildman–Crippen MR) is 77.9 cm³/mol. The zero-order chi connectivity index (χ0) is 14.9. The van der Waals surface area contributed by atoms with E-state index in [2.05, 4.69) is 33.9 Å². The molecule has 0 aliphatic carbocycles. The summed E-state index contributed by atoms with van der Waals surface area (Å²) in [4.78, 5) is 13.4. The Morgan fingerprint density at radius 1 is 1.55 bits per heavy atom. The number of nitrogen functional groups attached to an aromatic ring is 1. The third-order valence-corrected chi connectivity index (χ3v) is 3.59. The highest BCUT2D eigenvalue weighted by molar-refractivity contribution is 5.69. The highest BCUT2D eigenvalue weighted by atomic mass is 16.5. The maximum absolute atomic E-state index is 11.3. The molecule has 1 unspecified atom stereocenters. The van der Waals surface area contributed by atoms with E-state index in [-0.39, 0.29) is 12.1 Å². The van der Waals surface area contributed by atoms with E-state index in [0.29, 0.717) is 0 Å². The minimum absolute atomic E-state index is 0.0812. The first-order chi connectivity index (χ1) is 9.43. The van der Waals surface area contributed by atoms with Crippen LogP contribution >= 0.6 is 0 Å². The Hall–Kier alpha value is -1.92. The van der Waals surface area contributed by atoms with Gasteiger partial charge in [0.05, 0.1) is 24.5 Å². The van der Waals surface area contributed by atoms with E-state index < -0.39 is 6.09 Å². The van der Waals surface area contributed by atoms with Gasteiger partial charge in [-0.15, -0.1) is 0 Å². The van der Waals surface area contributed by atoms with Crippen LogP contribution < -0.4 is 16.0 Å². The van der Waals surface area contributed by atoms with Gasteiger partial charge in [-0.25, -0.2) is 9.48 Å². The van der Waals surface area contributed by atoms with E-state index in [9.17, 15) is 4.79 Å². The normalized spacial score (nSPS) is 18.6. The number of alkyl carbamates (subject to hydrolysis) is 1. The molecule has 2 rings (SSSR count). The van der Waals surface area contributed by atoms with E-state index in [4.69, 9.17) is 5.73 Å². The number of ether oxygens (including phenoxy) is 1. The number of hydrogen-bond acceptors (Lipinski definition) is 5. The van der Waals surface area contributed by atoms with Gasteiger partial charge in [-0.3, -0.25) is 0 Å². The molecular formula is C13H23N5O2. The summed E-state index contributed by atoms with van der Waals surface area (Å²) in [6.07, 6.45) is 0.481. The number of amides is 1. The van der Waals surface area contributed by atoms with Crippen LogP contribution in [0.4, 0.5) is 16.3 Å². The fourth-order valence-corrected chi connectivity index (χ4v) is 2.52. The third-order valence-electron chi connectivity index (χ3n) is 3.59. The van der Waals surface area contributed by atoms with Crippen LogP contribution in [0.15, 0.2) is 0 Å². The van der Waals surface area contributed by atoms with Crippen molar-refractivity contribution in [3.05, 3.63) is 5.69 Å². The minimum Gasteiger partial charge on any atom is -0.453 e. The second-order valence-corrected chi connectivity index (χ2v) is 5.43. The molecule has 0 bridgehead atoms. The van der Waals surface area contributed by atoms with Crippen molar-refractivity contribution >= 4 is 17.6 Å². The van der Waals surface area contributed by atoms with Crippen LogP contribution in [0.5, 0.6) is 0 Å². The Balaban J connectivity index is 2.16. The zero-order valence-corrected chi connectivity index (χ0v) is 12.5. The molecular weight excluding hydrogens is 258 g/mol. The lowest BCUT2D eigenvalue weighted by Crippen LogP contribution is -2.37. The topological polar surface area (TPSA) is 85.4 Å². The maximum Gasteiger partial charge on any atom is 0.407 e. The molecule has 1 aliphatic heterocycles. The lowest BCUT2D eigenvalue weighted by Gasteiger charge is -2.22. The number of rotatable bonds is 3. The second kappa shape index (κ2) is 5.60. The summed E-state index contributed by atoms with van der Waals surface area (Å²) in [6, 6.07) is 0.325. The fourth-order valence-electron chi connectivity index (χ4n) is 2.52. The molecule has 2 heterocycles. The molecule has 1 aromatic rings. The van der Waals surface area contributed by atoms with Gasteiger partial charge in [-0.1, -0.05) is 0 Å². The van der Waals surface area contributed by atoms with Gasteiger partial charge in [0.2, 0.25) is 0 Å². The van der Waals surface area contributed by atoms with Gasteiger partial charge in [0, 0.05) is 19.1 Å². The monoisotopic (exact) mass is 281 g/mol. The third kappa shape index (κ3) is 2.66. The molecule has 7 heteroatoms. The summed E-state index contributed by atoms with van der Waals surface area (Å²) in [5.41, 5.74) is 7.72. The summed E-state index contributed by atoms with van der Waals surface area (Å²) in [7, 11) is 1.37. The van der Waals surface area contributed by atoms with Gasteiger partial charge in [-0.05, 0) is 27.2 Å². The van der Waals surface area contributed by atoms with Crippen LogP contribution in [-0.4, -0.2) is 42.1 Å². The molecule has 1 saturated heterocycles. The van der Waals surface area contributed by atoms with E-state index in [1.54, 1.807) is 0 Å². The Labute approximate surface area is 119 Å². The van der Waals surface area contributed by atoms with Crippen molar-refractivity contribution in [3.63, 3.8) is 0 Å². The number of nitrogens with zero attached hydrogens (tertiary/aromatic N) is 3. The van der Waals surface area contributed by atoms with Crippen molar-refractivity contribution in [3.8, 4) is 0 Å². The van der Waals surface area contributed by atoms with Gasteiger partial charge in [0.1, 0.15) is 0 Å². The number of aryl methyl sites for hydroxylation is 1. The summed E-state index contributed by atoms with van der Waals surface area (Å²) in [6.45, 7) is 7.64. The molecule has 0 saturated carbocycles. The summed E-state index contributed by atoms with van der Waals surface area (Å²) >= 11 is 0. The van der Waals surface area contributed by atoms with E-state index >= 15 is 0 Å². The molecule has 0 spiro atoms. The summed E-state index contributed by atoms with van der Waals surface area (Å²) < 4.78 is 6.58. The van der Waals surface area contributed by atoms with Gasteiger partial charge < -0.3 is 20.7 Å². The highest BCUT2D eigenvalue weighted by Gasteiger charge is 2.29. The van der Waals surface area contributed by atoms with Gasteiger partial charge in [0.25, 0.3) is 0 Å². The Kier molecular flexibility index (Phi) is 4.06. The lowest BCUT2D eigenvalue weighted by molar-refractivity contribution is 0.167. The lowest BCUT2D eigenvalue weighted by atomic mass is 10.3. The standard InChI is InChI=1S/C13H23N5O2/c1-8(2)18-12(11(14)9(3)16-18)17-6-5-10(7-17)15-13(19)20-4/h8,10H,5-7,14H2,1-4H3,(H,15,19). The van der Waals surface area contributed by atoms with Crippen molar-refractivity contribution in [2.45, 2.75) is 39.3 Å². The average molecular weight is 281 g/mol. The predicted octanol–water partition coefficient (Wildman–Crippen LogP) is 1.29. The van der Waals surface area contributed by atoms with Crippen molar-refractivity contribution in [2.75, 3.05) is 30.8 Å². The average Bonchev–Trinajstić information content (AvgIpc) is 2.95. The molecule has 112 valence electrons. The number of nitrogens with two attached hydrogens (primary N) is 1. The van der Waals surface area contributed by atoms with Crippen molar-refractivity contribution < 1.29 is 9.53 Å². The maximum atomic E-state index is 11.3. The number of hydrogen-bond donors (Lipinski definition) is 2. The van der Waals surface area contributed by atoms with Crippen molar-refractivity contribution in [1.82, 2.24) is 15.1 Å². The Bertz CT molecular complexity index is 497. The van der Waals surface area contributed by atoms with Crippen LogP contribution in [0.2, 0.25) is 0 Å². The molecule has 20 heavy (non-hydrogen) atoms. The SMILES string of the molecule is COC(=O)NC1CCN(c2c(N)c(C)nn2C(C)C)C1. The molecule has 1 amide bonds. The van der Waals surface area contributed by atoms with Gasteiger partial charge in [-0.2, -0.15) is 5.10 Å². The van der Waals surface area contributed by atoms with E-state index in [1.807, 2.05) is 11.6 Å². The van der Waals surface area contributed by atoms with Crippen molar-refractivity contribution in [1.29, 1.82) is 0 Å².